The molecule has 0 aliphatic carbocycles. The maximum atomic E-state index is 3.42. The van der Waals surface area contributed by atoms with Crippen molar-refractivity contribution in [3.63, 3.8) is 0 Å². The summed E-state index contributed by atoms with van der Waals surface area (Å²) in [6.07, 6.45) is 0. The Kier molecular flexibility index (Phi) is 4.07. The van der Waals surface area contributed by atoms with Gasteiger partial charge >= 0.3 is 92.1 Å². The predicted molar refractivity (Wildman–Crippen MR) is 63.0 cm³/mol. The van der Waals surface area contributed by atoms with Crippen molar-refractivity contribution in [1.29, 1.82) is 0 Å². The molecule has 0 heterocycles. The van der Waals surface area contributed by atoms with Gasteiger partial charge < -0.3 is 0 Å². The third kappa shape index (κ3) is 5.16. The van der Waals surface area contributed by atoms with E-state index in [2.05, 4.69) is 59.5 Å². The quantitative estimate of drug-likeness (QED) is 0.549. The molecule has 68 valence electrons. The molecule has 0 fully saturated rings. The van der Waals surface area contributed by atoms with Crippen molar-refractivity contribution >= 4 is 32.6 Å². The van der Waals surface area contributed by atoms with Gasteiger partial charge in [0, 0.05) is 0 Å². The van der Waals surface area contributed by atoms with Gasteiger partial charge in [0.25, 0.3) is 0 Å². The van der Waals surface area contributed by atoms with Gasteiger partial charge in [0.15, 0.2) is 0 Å². The van der Waals surface area contributed by atoms with Gasteiger partial charge in [0.05, 0.1) is 0 Å². The van der Waals surface area contributed by atoms with Crippen LogP contribution in [0.2, 0.25) is 19.6 Å². The van der Waals surface area contributed by atoms with Crippen LogP contribution in [0, 0.1) is 9.51 Å². The molecule has 0 amide bonds. The van der Waals surface area contributed by atoms with E-state index in [1.54, 1.807) is 0 Å². The van der Waals surface area contributed by atoms with Crippen LogP contribution in [0.25, 0.3) is 0 Å². The van der Waals surface area contributed by atoms with Crippen LogP contribution in [0.3, 0.4) is 0 Å². The van der Waals surface area contributed by atoms with Gasteiger partial charge in [-0.05, 0) is 0 Å². The fourth-order valence-corrected chi connectivity index (χ4v) is 5.32. The first-order valence-electron chi connectivity index (χ1n) is 4.32. The topological polar surface area (TPSA) is 0 Å². The van der Waals surface area contributed by atoms with Crippen LogP contribution in [0.4, 0.5) is 0 Å². The summed E-state index contributed by atoms with van der Waals surface area (Å²) >= 11 is -0.240. The molecule has 1 rings (SSSR count). The van der Waals surface area contributed by atoms with Crippen LogP contribution < -0.4 is 3.61 Å². The summed E-state index contributed by atoms with van der Waals surface area (Å²) in [7, 11) is -1.14. The summed E-state index contributed by atoms with van der Waals surface area (Å²) in [5, 5.41) is 0. The molecule has 2 heteroatoms. The maximum absolute atomic E-state index is 3.42. The van der Waals surface area contributed by atoms with E-state index in [4.69, 9.17) is 0 Å². The van der Waals surface area contributed by atoms with Crippen molar-refractivity contribution in [3.8, 4) is 9.51 Å². The Labute approximate surface area is 91.8 Å². The first-order chi connectivity index (χ1) is 6.08. The zero-order valence-electron chi connectivity index (χ0n) is 8.29. The molecule has 0 N–H and O–H groups in total. The Morgan fingerprint density at radius 1 is 1.08 bits per heavy atom. The number of benzene rings is 1. The summed E-state index contributed by atoms with van der Waals surface area (Å²) in [5.74, 6) is 0. The molecule has 1 aromatic rings. The number of hydrogen-bond donors (Lipinski definition) is 0. The van der Waals surface area contributed by atoms with Gasteiger partial charge in [-0.15, -0.1) is 0 Å². The van der Waals surface area contributed by atoms with Crippen LogP contribution >= 0.6 is 0 Å². The van der Waals surface area contributed by atoms with E-state index in [0.717, 1.165) is 0 Å². The second-order valence-corrected chi connectivity index (χ2v) is 11.2. The molecule has 0 unspecified atom stereocenters. The first-order valence-corrected chi connectivity index (χ1v) is 10.1. The predicted octanol–water partition coefficient (Wildman–Crippen LogP) is 1.85. The fourth-order valence-electron chi connectivity index (χ4n) is 0.726. The second kappa shape index (κ2) is 4.87. The Bertz CT molecular complexity index is 313. The van der Waals surface area contributed by atoms with E-state index in [9.17, 15) is 0 Å². The van der Waals surface area contributed by atoms with Gasteiger partial charge in [0.2, 0.25) is 0 Å². The zero-order chi connectivity index (χ0) is 9.73. The van der Waals surface area contributed by atoms with Crippen LogP contribution in [-0.4, -0.2) is 29.0 Å². The van der Waals surface area contributed by atoms with E-state index < -0.39 is 8.07 Å². The normalized spacial score (nSPS) is 10.4. The van der Waals surface area contributed by atoms with Crippen LogP contribution in [-0.2, 0) is 0 Å². The molecule has 0 radical (unpaired) electrons. The van der Waals surface area contributed by atoms with Crippen LogP contribution in [0.5, 0.6) is 0 Å². The summed E-state index contributed by atoms with van der Waals surface area (Å²) in [5.41, 5.74) is 3.42. The molecule has 0 aliphatic rings. The van der Waals surface area contributed by atoms with Crippen molar-refractivity contribution in [3.05, 3.63) is 30.3 Å². The molecule has 0 aromatic heterocycles. The number of rotatable bonds is 1. The standard InChI is InChI=1S/C11H14SiTe/c1-12(2,3)9-10-13-11-7-5-4-6-8-11/h4-8H,1-3H3. The van der Waals surface area contributed by atoms with Crippen molar-refractivity contribution < 1.29 is 0 Å². The Morgan fingerprint density at radius 3 is 2.23 bits per heavy atom. The average molecular weight is 302 g/mol. The SMILES string of the molecule is C[Si](C)(C)C#C[Te]c1ccccc1. The minimum absolute atomic E-state index is 0.240. The van der Waals surface area contributed by atoms with Crippen molar-refractivity contribution in [1.82, 2.24) is 0 Å². The Hall–Kier alpha value is -0.214. The summed E-state index contributed by atoms with van der Waals surface area (Å²) < 4.78 is 4.83. The molecule has 1 aromatic carbocycles. The monoisotopic (exact) mass is 304 g/mol. The fraction of sp³-hybridized carbons (Fsp3) is 0.273. The van der Waals surface area contributed by atoms with E-state index in [0.29, 0.717) is 0 Å². The molecule has 0 nitrogen and oxygen atoms in total. The third-order valence-corrected chi connectivity index (χ3v) is 4.80. The Morgan fingerprint density at radius 2 is 1.69 bits per heavy atom. The molecule has 0 saturated heterocycles. The van der Waals surface area contributed by atoms with Gasteiger partial charge in [0.1, 0.15) is 0 Å². The summed E-state index contributed by atoms with van der Waals surface area (Å²) in [6.45, 7) is 6.87. The second-order valence-electron chi connectivity index (χ2n) is 3.89. The zero-order valence-corrected chi connectivity index (χ0v) is 11.6. The molecule has 13 heavy (non-hydrogen) atoms. The Balaban J connectivity index is 2.56. The first kappa shape index (κ1) is 10.9. The van der Waals surface area contributed by atoms with E-state index >= 15 is 0 Å². The molecule has 0 aliphatic heterocycles. The molecule has 0 bridgehead atoms. The molecule has 0 atom stereocenters. The minimum atomic E-state index is -1.14. The van der Waals surface area contributed by atoms with Crippen molar-refractivity contribution in [2.24, 2.45) is 0 Å². The summed E-state index contributed by atoms with van der Waals surface area (Å²) in [6, 6.07) is 10.6. The van der Waals surface area contributed by atoms with E-state index in [-0.39, 0.29) is 20.9 Å². The van der Waals surface area contributed by atoms with Gasteiger partial charge in [-0.2, -0.15) is 0 Å². The number of hydrogen-bond acceptors (Lipinski definition) is 0. The summed E-state index contributed by atoms with van der Waals surface area (Å²) in [4.78, 5) is 0. The molecule has 0 saturated carbocycles. The molecule has 0 spiro atoms. The van der Waals surface area contributed by atoms with Gasteiger partial charge in [-0.1, -0.05) is 0 Å². The van der Waals surface area contributed by atoms with E-state index in [1.165, 1.54) is 3.61 Å². The van der Waals surface area contributed by atoms with Gasteiger partial charge in [-0.3, -0.25) is 0 Å². The molecular weight excluding hydrogens is 288 g/mol. The van der Waals surface area contributed by atoms with E-state index in [1.807, 2.05) is 0 Å². The van der Waals surface area contributed by atoms with Crippen molar-refractivity contribution in [2.75, 3.05) is 0 Å². The van der Waals surface area contributed by atoms with Gasteiger partial charge in [-0.25, -0.2) is 0 Å². The van der Waals surface area contributed by atoms with Crippen LogP contribution in [0.15, 0.2) is 30.3 Å². The third-order valence-electron chi connectivity index (χ3n) is 1.34. The average Bonchev–Trinajstić information content (AvgIpc) is 2.04. The van der Waals surface area contributed by atoms with Crippen molar-refractivity contribution in [2.45, 2.75) is 19.6 Å². The van der Waals surface area contributed by atoms with Crippen LogP contribution in [0.1, 0.15) is 0 Å². The molecular formula is C11H14SiTe.